The highest BCUT2D eigenvalue weighted by Crippen LogP contribution is 2.14. The van der Waals surface area contributed by atoms with Gasteiger partial charge in [0, 0.05) is 24.3 Å². The summed E-state index contributed by atoms with van der Waals surface area (Å²) in [4.78, 5) is 14.2. The lowest BCUT2D eigenvalue weighted by molar-refractivity contribution is -0.120. The lowest BCUT2D eigenvalue weighted by Gasteiger charge is -2.21. The van der Waals surface area contributed by atoms with Crippen molar-refractivity contribution in [3.8, 4) is 12.3 Å². The van der Waals surface area contributed by atoms with Crippen molar-refractivity contribution >= 4 is 11.6 Å². The van der Waals surface area contributed by atoms with Gasteiger partial charge in [-0.2, -0.15) is 0 Å². The Balaban J connectivity index is 1.90. The Morgan fingerprint density at radius 3 is 2.71 bits per heavy atom. The van der Waals surface area contributed by atoms with Gasteiger partial charge in [0.05, 0.1) is 6.54 Å². The topological polar surface area (TPSA) is 32.3 Å². The molecule has 0 saturated heterocycles. The van der Waals surface area contributed by atoms with Gasteiger partial charge in [0.15, 0.2) is 0 Å². The van der Waals surface area contributed by atoms with Crippen molar-refractivity contribution in [3.05, 3.63) is 65.2 Å². The summed E-state index contributed by atoms with van der Waals surface area (Å²) in [6.45, 7) is 4.42. The van der Waals surface area contributed by atoms with Gasteiger partial charge in [-0.3, -0.25) is 4.79 Å². The molecule has 1 N–H and O–H groups in total. The number of benzene rings is 2. The average Bonchev–Trinajstić information content (AvgIpc) is 2.56. The molecular weight excluding hydrogens is 296 g/mol. The van der Waals surface area contributed by atoms with Gasteiger partial charge in [-0.15, -0.1) is 6.42 Å². The average molecular weight is 320 g/mol. The maximum absolute atomic E-state index is 12.3. The second-order valence-corrected chi connectivity index (χ2v) is 6.15. The van der Waals surface area contributed by atoms with E-state index in [1.54, 1.807) is 0 Å². The van der Waals surface area contributed by atoms with Crippen LogP contribution < -0.4 is 10.2 Å². The first-order chi connectivity index (χ1) is 11.5. The summed E-state index contributed by atoms with van der Waals surface area (Å²) in [5.74, 6) is 2.62. The zero-order valence-corrected chi connectivity index (χ0v) is 14.5. The Hall–Kier alpha value is -2.73. The summed E-state index contributed by atoms with van der Waals surface area (Å²) in [6.07, 6.45) is 6.25. The fourth-order valence-corrected chi connectivity index (χ4v) is 2.68. The normalized spacial score (nSPS) is 11.4. The molecule has 0 aliphatic heterocycles. The molecule has 1 amide bonds. The summed E-state index contributed by atoms with van der Waals surface area (Å²) in [5.41, 5.74) is 4.27. The van der Waals surface area contributed by atoms with Crippen molar-refractivity contribution in [1.82, 2.24) is 5.32 Å². The van der Waals surface area contributed by atoms with Crippen molar-refractivity contribution < 1.29 is 4.79 Å². The van der Waals surface area contributed by atoms with E-state index in [1.807, 2.05) is 55.3 Å². The molecule has 1 atom stereocenters. The largest absolute Gasteiger partial charge is 0.365 e. The van der Waals surface area contributed by atoms with Crippen LogP contribution in [0.3, 0.4) is 0 Å². The summed E-state index contributed by atoms with van der Waals surface area (Å²) >= 11 is 0. The number of aryl methyl sites for hydroxylation is 1. The molecule has 3 heteroatoms. The van der Waals surface area contributed by atoms with Gasteiger partial charge in [-0.05, 0) is 49.6 Å². The third-order valence-electron chi connectivity index (χ3n) is 4.03. The first-order valence-electron chi connectivity index (χ1n) is 8.11. The van der Waals surface area contributed by atoms with Gasteiger partial charge in [-0.25, -0.2) is 0 Å². The van der Waals surface area contributed by atoms with Crippen LogP contribution in [0.15, 0.2) is 48.5 Å². The van der Waals surface area contributed by atoms with Crippen LogP contribution in [0.25, 0.3) is 0 Å². The summed E-state index contributed by atoms with van der Waals surface area (Å²) < 4.78 is 0. The molecule has 0 spiro atoms. The van der Waals surface area contributed by atoms with Gasteiger partial charge >= 0.3 is 0 Å². The predicted molar refractivity (Wildman–Crippen MR) is 100 cm³/mol. The van der Waals surface area contributed by atoms with E-state index in [0.717, 1.165) is 17.7 Å². The summed E-state index contributed by atoms with van der Waals surface area (Å²) in [6, 6.07) is 16.0. The third-order valence-corrected chi connectivity index (χ3v) is 4.03. The molecule has 2 rings (SSSR count). The van der Waals surface area contributed by atoms with Crippen LogP contribution in [-0.4, -0.2) is 25.5 Å². The monoisotopic (exact) mass is 320 g/mol. The molecule has 0 aromatic heterocycles. The second kappa shape index (κ2) is 8.21. The Labute approximate surface area is 144 Å². The molecule has 0 aliphatic carbocycles. The van der Waals surface area contributed by atoms with Crippen molar-refractivity contribution in [1.29, 1.82) is 0 Å². The van der Waals surface area contributed by atoms with Gasteiger partial charge in [0.25, 0.3) is 0 Å². The number of hydrogen-bond donors (Lipinski definition) is 1. The smallest absolute Gasteiger partial charge is 0.239 e. The molecule has 0 aliphatic rings. The Bertz CT molecular complexity index is 745. The maximum atomic E-state index is 12.3. The van der Waals surface area contributed by atoms with Crippen LogP contribution in [0.4, 0.5) is 5.69 Å². The number of rotatable bonds is 6. The number of likely N-dealkylation sites (N-methyl/N-ethyl adjacent to an activating group) is 1. The molecule has 124 valence electrons. The fourth-order valence-electron chi connectivity index (χ4n) is 2.68. The highest BCUT2D eigenvalue weighted by Gasteiger charge is 2.12. The number of terminal acetylenes is 1. The van der Waals surface area contributed by atoms with Crippen LogP contribution >= 0.6 is 0 Å². The number of hydrogen-bond acceptors (Lipinski definition) is 2. The molecule has 0 saturated carbocycles. The van der Waals surface area contributed by atoms with E-state index in [2.05, 4.69) is 30.3 Å². The van der Waals surface area contributed by atoms with Crippen LogP contribution in [0.1, 0.15) is 23.6 Å². The molecule has 0 radical (unpaired) electrons. The molecular formula is C21H24N2O. The maximum Gasteiger partial charge on any atom is 0.239 e. The van der Waals surface area contributed by atoms with Crippen molar-refractivity contribution in [2.24, 2.45) is 0 Å². The van der Waals surface area contributed by atoms with Gasteiger partial charge < -0.3 is 10.2 Å². The molecule has 2 aromatic rings. The number of nitrogens with zero attached hydrogens (tertiary/aromatic N) is 1. The number of anilines is 1. The highest BCUT2D eigenvalue weighted by molar-refractivity contribution is 5.81. The van der Waals surface area contributed by atoms with E-state index in [1.165, 1.54) is 11.1 Å². The molecule has 3 nitrogen and oxygen atoms in total. The number of nitrogens with one attached hydrogen (secondary N) is 1. The van der Waals surface area contributed by atoms with Crippen LogP contribution in [0.5, 0.6) is 0 Å². The molecule has 0 heterocycles. The van der Waals surface area contributed by atoms with E-state index in [0.29, 0.717) is 6.54 Å². The van der Waals surface area contributed by atoms with Crippen LogP contribution in [0.2, 0.25) is 0 Å². The van der Waals surface area contributed by atoms with E-state index in [-0.39, 0.29) is 11.9 Å². The third kappa shape index (κ3) is 4.89. The van der Waals surface area contributed by atoms with Crippen molar-refractivity contribution in [3.63, 3.8) is 0 Å². The molecule has 24 heavy (non-hydrogen) atoms. The quantitative estimate of drug-likeness (QED) is 0.829. The van der Waals surface area contributed by atoms with Crippen molar-refractivity contribution in [2.45, 2.75) is 26.3 Å². The zero-order valence-electron chi connectivity index (χ0n) is 14.5. The lowest BCUT2D eigenvalue weighted by atomic mass is 10.0. The minimum Gasteiger partial charge on any atom is -0.365 e. The lowest BCUT2D eigenvalue weighted by Crippen LogP contribution is -2.40. The number of amides is 1. The number of carbonyl (C=O) groups excluding carboxylic acids is 1. The number of carbonyl (C=O) groups is 1. The van der Waals surface area contributed by atoms with Crippen molar-refractivity contribution in [2.75, 3.05) is 18.5 Å². The van der Waals surface area contributed by atoms with E-state index < -0.39 is 0 Å². The zero-order chi connectivity index (χ0) is 17.5. The Morgan fingerprint density at radius 2 is 2.00 bits per heavy atom. The standard InChI is InChI=1S/C21H24N2O/c1-5-18-10-8-12-20(14-18)23(4)15-21(24)22-17(3)13-19-11-7-6-9-16(19)2/h1,6-12,14,17H,13,15H2,2-4H3,(H,22,24). The first kappa shape index (κ1) is 17.6. The first-order valence-corrected chi connectivity index (χ1v) is 8.11. The molecule has 2 aromatic carbocycles. The second-order valence-electron chi connectivity index (χ2n) is 6.15. The Kier molecular flexibility index (Phi) is 6.03. The minimum absolute atomic E-state index is 0.00435. The molecule has 1 unspecified atom stereocenters. The van der Waals surface area contributed by atoms with Gasteiger partial charge in [0.2, 0.25) is 5.91 Å². The molecule has 0 fully saturated rings. The summed E-state index contributed by atoms with van der Waals surface area (Å²) in [7, 11) is 1.89. The van der Waals surface area contributed by atoms with E-state index in [4.69, 9.17) is 6.42 Å². The van der Waals surface area contributed by atoms with Gasteiger partial charge in [-0.1, -0.05) is 36.3 Å². The highest BCUT2D eigenvalue weighted by atomic mass is 16.2. The fraction of sp³-hybridized carbons (Fsp3) is 0.286. The van der Waals surface area contributed by atoms with E-state index in [9.17, 15) is 4.79 Å². The van der Waals surface area contributed by atoms with Crippen LogP contribution in [-0.2, 0) is 11.2 Å². The predicted octanol–water partition coefficient (Wildman–Crippen LogP) is 3.16. The Morgan fingerprint density at radius 1 is 1.25 bits per heavy atom. The SMILES string of the molecule is C#Cc1cccc(N(C)CC(=O)NC(C)Cc2ccccc2C)c1. The summed E-state index contributed by atoms with van der Waals surface area (Å²) in [5, 5.41) is 3.06. The minimum atomic E-state index is 0.00435. The molecule has 0 bridgehead atoms. The van der Waals surface area contributed by atoms with Crippen LogP contribution in [0, 0.1) is 19.3 Å². The van der Waals surface area contributed by atoms with Gasteiger partial charge in [0.1, 0.15) is 0 Å². The van der Waals surface area contributed by atoms with E-state index >= 15 is 0 Å².